The van der Waals surface area contributed by atoms with Gasteiger partial charge in [-0.1, -0.05) is 6.08 Å². The van der Waals surface area contributed by atoms with E-state index < -0.39 is 43.2 Å². The number of nitrogens with one attached hydrogen (secondary N) is 1. The molecular weight excluding hydrogens is 301 g/mol. The average molecular weight is 315 g/mol. The number of benzene rings is 1. The summed E-state index contributed by atoms with van der Waals surface area (Å²) in [4.78, 5) is 22.1. The standard InChI is InChI=1S/C13H14FNO5S/c1-3-6-15-12(16)8(2)21(19,20)9-4-5-11(14)10(7-9)13(17)18/h3-5,7-8H,1,6H2,2H3,(H,15,16)(H,17,18). The van der Waals surface area contributed by atoms with Crippen molar-refractivity contribution in [3.05, 3.63) is 42.2 Å². The topological polar surface area (TPSA) is 101 Å². The molecular formula is C13H14FNO5S. The van der Waals surface area contributed by atoms with Crippen molar-refractivity contribution in [2.75, 3.05) is 6.54 Å². The van der Waals surface area contributed by atoms with Crippen molar-refractivity contribution in [3.63, 3.8) is 0 Å². The van der Waals surface area contributed by atoms with Crippen molar-refractivity contribution in [2.24, 2.45) is 0 Å². The molecule has 0 bridgehead atoms. The molecule has 0 radical (unpaired) electrons. The van der Waals surface area contributed by atoms with Crippen LogP contribution in [0.15, 0.2) is 35.7 Å². The van der Waals surface area contributed by atoms with Gasteiger partial charge in [0.1, 0.15) is 11.1 Å². The van der Waals surface area contributed by atoms with Crippen molar-refractivity contribution in [1.82, 2.24) is 5.32 Å². The minimum atomic E-state index is -4.12. The van der Waals surface area contributed by atoms with Crippen molar-refractivity contribution >= 4 is 21.7 Å². The molecule has 114 valence electrons. The van der Waals surface area contributed by atoms with Crippen LogP contribution in [-0.4, -0.2) is 37.2 Å². The summed E-state index contributed by atoms with van der Waals surface area (Å²) in [5.41, 5.74) is -0.769. The molecule has 0 saturated carbocycles. The lowest BCUT2D eigenvalue weighted by Gasteiger charge is -2.13. The van der Waals surface area contributed by atoms with Gasteiger partial charge in [-0.2, -0.15) is 0 Å². The van der Waals surface area contributed by atoms with Crippen LogP contribution in [0.2, 0.25) is 0 Å². The van der Waals surface area contributed by atoms with Crippen LogP contribution in [0.3, 0.4) is 0 Å². The number of hydrogen-bond donors (Lipinski definition) is 2. The van der Waals surface area contributed by atoms with Crippen LogP contribution in [0.1, 0.15) is 17.3 Å². The van der Waals surface area contributed by atoms with Gasteiger partial charge in [-0.15, -0.1) is 6.58 Å². The second kappa shape index (κ2) is 6.49. The zero-order valence-corrected chi connectivity index (χ0v) is 12.0. The monoisotopic (exact) mass is 315 g/mol. The van der Waals surface area contributed by atoms with Crippen molar-refractivity contribution in [2.45, 2.75) is 17.1 Å². The van der Waals surface area contributed by atoms with Crippen LogP contribution in [-0.2, 0) is 14.6 Å². The number of hydrogen-bond acceptors (Lipinski definition) is 4. The highest BCUT2D eigenvalue weighted by molar-refractivity contribution is 7.92. The van der Waals surface area contributed by atoms with E-state index in [0.29, 0.717) is 6.07 Å². The summed E-state index contributed by atoms with van der Waals surface area (Å²) in [6.07, 6.45) is 1.39. The van der Waals surface area contributed by atoms with Crippen LogP contribution >= 0.6 is 0 Å². The molecule has 1 amide bonds. The summed E-state index contributed by atoms with van der Waals surface area (Å²) in [7, 11) is -4.12. The molecule has 0 saturated heterocycles. The summed E-state index contributed by atoms with van der Waals surface area (Å²) in [5.74, 6) is -3.39. The molecule has 8 heteroatoms. The lowest BCUT2D eigenvalue weighted by molar-refractivity contribution is -0.120. The fraction of sp³-hybridized carbons (Fsp3) is 0.231. The van der Waals surface area contributed by atoms with E-state index in [1.54, 1.807) is 0 Å². The second-order valence-electron chi connectivity index (χ2n) is 4.17. The first-order valence-electron chi connectivity index (χ1n) is 5.87. The predicted octanol–water partition coefficient (Wildman–Crippen LogP) is 0.988. The van der Waals surface area contributed by atoms with Crippen molar-refractivity contribution < 1.29 is 27.5 Å². The zero-order chi connectivity index (χ0) is 16.2. The Hall–Kier alpha value is -2.22. The molecule has 0 aliphatic rings. The molecule has 0 aromatic heterocycles. The molecule has 0 fully saturated rings. The van der Waals surface area contributed by atoms with Gasteiger partial charge in [0, 0.05) is 6.54 Å². The molecule has 0 aliphatic carbocycles. The Morgan fingerprint density at radius 3 is 2.62 bits per heavy atom. The molecule has 1 atom stereocenters. The average Bonchev–Trinajstić information content (AvgIpc) is 2.43. The van der Waals surface area contributed by atoms with E-state index in [4.69, 9.17) is 5.11 Å². The van der Waals surface area contributed by atoms with Gasteiger partial charge >= 0.3 is 5.97 Å². The van der Waals surface area contributed by atoms with E-state index in [9.17, 15) is 22.4 Å². The lowest BCUT2D eigenvalue weighted by atomic mass is 10.2. The zero-order valence-electron chi connectivity index (χ0n) is 11.2. The minimum absolute atomic E-state index is 0.0997. The number of carboxylic acids is 1. The third kappa shape index (κ3) is 3.66. The molecule has 0 spiro atoms. The normalized spacial score (nSPS) is 12.5. The van der Waals surface area contributed by atoms with Crippen LogP contribution in [0.25, 0.3) is 0 Å². The Kier molecular flexibility index (Phi) is 5.20. The maximum Gasteiger partial charge on any atom is 0.338 e. The van der Waals surface area contributed by atoms with Crippen LogP contribution in [0.4, 0.5) is 4.39 Å². The number of rotatable bonds is 6. The van der Waals surface area contributed by atoms with Gasteiger partial charge in [-0.3, -0.25) is 4.79 Å². The minimum Gasteiger partial charge on any atom is -0.478 e. The van der Waals surface area contributed by atoms with E-state index in [1.807, 2.05) is 0 Å². The fourth-order valence-corrected chi connectivity index (χ4v) is 2.82. The van der Waals surface area contributed by atoms with Gasteiger partial charge in [0.25, 0.3) is 0 Å². The van der Waals surface area contributed by atoms with Gasteiger partial charge in [-0.05, 0) is 25.1 Å². The summed E-state index contributed by atoms with van der Waals surface area (Å²) in [6, 6.07) is 2.36. The van der Waals surface area contributed by atoms with Gasteiger partial charge in [-0.25, -0.2) is 17.6 Å². The van der Waals surface area contributed by atoms with Crippen LogP contribution in [0, 0.1) is 5.82 Å². The third-order valence-electron chi connectivity index (χ3n) is 2.75. The Balaban J connectivity index is 3.19. The number of carbonyl (C=O) groups is 2. The quantitative estimate of drug-likeness (QED) is 0.602. The maximum atomic E-state index is 13.3. The number of carbonyl (C=O) groups excluding carboxylic acids is 1. The molecule has 0 heterocycles. The summed E-state index contributed by atoms with van der Waals surface area (Å²) in [5, 5.41) is 9.68. The summed E-state index contributed by atoms with van der Waals surface area (Å²) in [6.45, 7) is 4.65. The molecule has 1 aromatic rings. The number of amides is 1. The Labute approximate surface area is 121 Å². The first kappa shape index (κ1) is 16.8. The third-order valence-corrected chi connectivity index (χ3v) is 4.81. The second-order valence-corrected chi connectivity index (χ2v) is 6.44. The number of carboxylic acid groups (broad SMARTS) is 1. The van der Waals surface area contributed by atoms with E-state index >= 15 is 0 Å². The number of halogens is 1. The summed E-state index contributed by atoms with van der Waals surface area (Å²) < 4.78 is 37.7. The van der Waals surface area contributed by atoms with Crippen molar-refractivity contribution in [3.8, 4) is 0 Å². The van der Waals surface area contributed by atoms with E-state index in [0.717, 1.165) is 19.1 Å². The Morgan fingerprint density at radius 2 is 2.10 bits per heavy atom. The largest absolute Gasteiger partial charge is 0.478 e. The molecule has 2 N–H and O–H groups in total. The van der Waals surface area contributed by atoms with Crippen LogP contribution < -0.4 is 5.32 Å². The maximum absolute atomic E-state index is 13.3. The SMILES string of the molecule is C=CCNC(=O)C(C)S(=O)(=O)c1ccc(F)c(C(=O)O)c1. The predicted molar refractivity (Wildman–Crippen MR) is 73.2 cm³/mol. The van der Waals surface area contributed by atoms with Gasteiger partial charge < -0.3 is 10.4 Å². The fourth-order valence-electron chi connectivity index (χ4n) is 1.51. The van der Waals surface area contributed by atoms with Gasteiger partial charge in [0.2, 0.25) is 5.91 Å². The Morgan fingerprint density at radius 1 is 1.48 bits per heavy atom. The molecule has 21 heavy (non-hydrogen) atoms. The van der Waals surface area contributed by atoms with Gasteiger partial charge in [0.15, 0.2) is 9.84 Å². The molecule has 1 rings (SSSR count). The highest BCUT2D eigenvalue weighted by Crippen LogP contribution is 2.20. The summed E-state index contributed by atoms with van der Waals surface area (Å²) >= 11 is 0. The highest BCUT2D eigenvalue weighted by Gasteiger charge is 2.30. The molecule has 1 aromatic carbocycles. The number of sulfone groups is 1. The lowest BCUT2D eigenvalue weighted by Crippen LogP contribution is -2.38. The van der Waals surface area contributed by atoms with Crippen LogP contribution in [0.5, 0.6) is 0 Å². The Bertz CT molecular complexity index is 684. The number of aromatic carboxylic acids is 1. The molecule has 0 aliphatic heterocycles. The molecule has 1 unspecified atom stereocenters. The van der Waals surface area contributed by atoms with E-state index in [1.165, 1.54) is 6.08 Å². The first-order valence-corrected chi connectivity index (χ1v) is 7.41. The van der Waals surface area contributed by atoms with Gasteiger partial charge in [0.05, 0.1) is 10.5 Å². The van der Waals surface area contributed by atoms with E-state index in [-0.39, 0.29) is 6.54 Å². The highest BCUT2D eigenvalue weighted by atomic mass is 32.2. The first-order chi connectivity index (χ1) is 9.71. The smallest absolute Gasteiger partial charge is 0.338 e. The molecule has 6 nitrogen and oxygen atoms in total. The van der Waals surface area contributed by atoms with Crippen molar-refractivity contribution in [1.29, 1.82) is 0 Å². The van der Waals surface area contributed by atoms with E-state index in [2.05, 4.69) is 11.9 Å².